The molecule has 4 rings (SSSR count). The lowest BCUT2D eigenvalue weighted by molar-refractivity contribution is 0.0697. The van der Waals surface area contributed by atoms with Gasteiger partial charge in [-0.05, 0) is 36.1 Å². The number of carbonyl (C=O) groups is 2. The number of nitrogens with one attached hydrogen (secondary N) is 1. The molecule has 7 heteroatoms. The van der Waals surface area contributed by atoms with Gasteiger partial charge in [-0.3, -0.25) is 5.32 Å². The SMILES string of the molecule is CCOc1cc(NC(=O)OCC2c3ccccc3-c3ccccc32)c(C(=O)O)cc1OCC. The summed E-state index contributed by atoms with van der Waals surface area (Å²) in [7, 11) is 0. The van der Waals surface area contributed by atoms with Gasteiger partial charge in [0.15, 0.2) is 11.5 Å². The summed E-state index contributed by atoms with van der Waals surface area (Å²) in [6, 6.07) is 18.9. The first kappa shape index (κ1) is 22.2. The van der Waals surface area contributed by atoms with Crippen molar-refractivity contribution in [2.75, 3.05) is 25.1 Å². The summed E-state index contributed by atoms with van der Waals surface area (Å²) >= 11 is 0. The van der Waals surface area contributed by atoms with E-state index in [-0.39, 0.29) is 23.8 Å². The number of fused-ring (bicyclic) bond motifs is 3. The Hall–Kier alpha value is -4.00. The monoisotopic (exact) mass is 447 g/mol. The minimum Gasteiger partial charge on any atom is -0.490 e. The molecule has 3 aromatic carbocycles. The van der Waals surface area contributed by atoms with Crippen molar-refractivity contribution in [1.82, 2.24) is 0 Å². The van der Waals surface area contributed by atoms with Crippen molar-refractivity contribution in [3.05, 3.63) is 77.4 Å². The van der Waals surface area contributed by atoms with Crippen LogP contribution in [0.15, 0.2) is 60.7 Å². The van der Waals surface area contributed by atoms with Crippen molar-refractivity contribution < 1.29 is 28.9 Å². The highest BCUT2D eigenvalue weighted by Crippen LogP contribution is 2.44. The number of anilines is 1. The van der Waals surface area contributed by atoms with Crippen LogP contribution in [0.3, 0.4) is 0 Å². The summed E-state index contributed by atoms with van der Waals surface area (Å²) in [5, 5.41) is 12.2. The Labute approximate surface area is 191 Å². The number of carboxylic acid groups (broad SMARTS) is 1. The third kappa shape index (κ3) is 4.48. The van der Waals surface area contributed by atoms with E-state index in [1.54, 1.807) is 13.8 Å². The van der Waals surface area contributed by atoms with Crippen molar-refractivity contribution in [2.45, 2.75) is 19.8 Å². The van der Waals surface area contributed by atoms with Crippen molar-refractivity contribution in [2.24, 2.45) is 0 Å². The minimum absolute atomic E-state index is 0.0756. The average Bonchev–Trinajstić information content (AvgIpc) is 3.13. The largest absolute Gasteiger partial charge is 0.490 e. The number of rotatable bonds is 8. The second-order valence-corrected chi connectivity index (χ2v) is 7.47. The van der Waals surface area contributed by atoms with Crippen LogP contribution in [0.4, 0.5) is 10.5 Å². The Morgan fingerprint density at radius 2 is 1.42 bits per heavy atom. The zero-order valence-electron chi connectivity index (χ0n) is 18.5. The standard InChI is InChI=1S/C26H25NO6/c1-3-31-23-13-20(25(28)29)22(14-24(23)32-4-2)27-26(30)33-15-21-18-11-7-5-9-16(18)17-10-6-8-12-19(17)21/h5-14,21H,3-4,15H2,1-2H3,(H,27,30)(H,28,29). The van der Waals surface area contributed by atoms with Crippen LogP contribution in [0, 0.1) is 0 Å². The Balaban J connectivity index is 1.54. The van der Waals surface area contributed by atoms with Crippen LogP contribution < -0.4 is 14.8 Å². The van der Waals surface area contributed by atoms with Crippen LogP contribution in [-0.2, 0) is 4.74 Å². The van der Waals surface area contributed by atoms with Gasteiger partial charge in [0.1, 0.15) is 6.61 Å². The first-order chi connectivity index (χ1) is 16.0. The molecule has 1 amide bonds. The summed E-state index contributed by atoms with van der Waals surface area (Å²) in [6.07, 6.45) is -0.744. The van der Waals surface area contributed by atoms with Crippen molar-refractivity contribution >= 4 is 17.7 Å². The van der Waals surface area contributed by atoms with Crippen LogP contribution in [0.1, 0.15) is 41.3 Å². The molecule has 1 aliphatic rings. The van der Waals surface area contributed by atoms with E-state index in [1.807, 2.05) is 36.4 Å². The molecule has 0 saturated carbocycles. The smallest absolute Gasteiger partial charge is 0.411 e. The summed E-state index contributed by atoms with van der Waals surface area (Å²) in [4.78, 5) is 24.4. The Kier molecular flexibility index (Phi) is 6.49. The van der Waals surface area contributed by atoms with Gasteiger partial charge >= 0.3 is 12.1 Å². The van der Waals surface area contributed by atoms with Gasteiger partial charge in [-0.15, -0.1) is 0 Å². The number of aromatic carboxylic acids is 1. The molecule has 3 aromatic rings. The second-order valence-electron chi connectivity index (χ2n) is 7.47. The number of hydrogen-bond acceptors (Lipinski definition) is 5. The third-order valence-electron chi connectivity index (χ3n) is 5.49. The maximum absolute atomic E-state index is 12.6. The number of ether oxygens (including phenoxy) is 3. The Morgan fingerprint density at radius 1 is 0.879 bits per heavy atom. The zero-order chi connectivity index (χ0) is 23.4. The van der Waals surface area contributed by atoms with E-state index in [0.29, 0.717) is 24.7 Å². The van der Waals surface area contributed by atoms with Gasteiger partial charge in [0.25, 0.3) is 0 Å². The summed E-state index contributed by atoms with van der Waals surface area (Å²) < 4.78 is 16.6. The highest BCUT2D eigenvalue weighted by atomic mass is 16.5. The second kappa shape index (κ2) is 9.65. The van der Waals surface area contributed by atoms with Crippen LogP contribution in [-0.4, -0.2) is 37.0 Å². The predicted octanol–water partition coefficient (Wildman–Crippen LogP) is 5.54. The minimum atomic E-state index is -1.20. The van der Waals surface area contributed by atoms with E-state index in [0.717, 1.165) is 22.3 Å². The first-order valence-corrected chi connectivity index (χ1v) is 10.8. The molecule has 0 bridgehead atoms. The molecule has 7 nitrogen and oxygen atoms in total. The Morgan fingerprint density at radius 3 is 1.97 bits per heavy atom. The quantitative estimate of drug-likeness (QED) is 0.471. The molecule has 1 aliphatic carbocycles. The maximum atomic E-state index is 12.6. The van der Waals surface area contributed by atoms with Crippen LogP contribution >= 0.6 is 0 Å². The number of hydrogen-bond donors (Lipinski definition) is 2. The molecule has 0 aromatic heterocycles. The molecular formula is C26H25NO6. The molecule has 0 aliphatic heterocycles. The maximum Gasteiger partial charge on any atom is 0.411 e. The van der Waals surface area contributed by atoms with Crippen molar-refractivity contribution in [3.63, 3.8) is 0 Å². The fourth-order valence-corrected chi connectivity index (χ4v) is 4.12. The summed E-state index contributed by atoms with van der Waals surface area (Å²) in [5.74, 6) is -0.650. The molecule has 0 spiro atoms. The van der Waals surface area contributed by atoms with E-state index < -0.39 is 12.1 Å². The van der Waals surface area contributed by atoms with E-state index in [1.165, 1.54) is 12.1 Å². The molecule has 0 atom stereocenters. The third-order valence-corrected chi connectivity index (χ3v) is 5.49. The van der Waals surface area contributed by atoms with E-state index >= 15 is 0 Å². The molecule has 170 valence electrons. The number of carboxylic acids is 1. The fourth-order valence-electron chi connectivity index (χ4n) is 4.12. The van der Waals surface area contributed by atoms with Gasteiger partial charge in [0.05, 0.1) is 24.5 Å². The summed E-state index contributed by atoms with van der Waals surface area (Å²) in [6.45, 7) is 4.42. The van der Waals surface area contributed by atoms with Crippen LogP contribution in [0.2, 0.25) is 0 Å². The first-order valence-electron chi connectivity index (χ1n) is 10.8. The number of carbonyl (C=O) groups excluding carboxylic acids is 1. The van der Waals surface area contributed by atoms with Gasteiger partial charge in [-0.1, -0.05) is 48.5 Å². The van der Waals surface area contributed by atoms with Gasteiger partial charge in [0.2, 0.25) is 0 Å². The van der Waals surface area contributed by atoms with Gasteiger partial charge < -0.3 is 19.3 Å². The van der Waals surface area contributed by atoms with E-state index in [2.05, 4.69) is 17.4 Å². The van der Waals surface area contributed by atoms with Crippen molar-refractivity contribution in [1.29, 1.82) is 0 Å². The Bertz CT molecular complexity index is 1140. The van der Waals surface area contributed by atoms with Gasteiger partial charge in [-0.25, -0.2) is 9.59 Å². The normalized spacial score (nSPS) is 11.9. The van der Waals surface area contributed by atoms with E-state index in [4.69, 9.17) is 14.2 Å². The predicted molar refractivity (Wildman–Crippen MR) is 124 cm³/mol. The lowest BCUT2D eigenvalue weighted by Crippen LogP contribution is -2.19. The topological polar surface area (TPSA) is 94.1 Å². The molecule has 0 saturated heterocycles. The molecule has 2 N–H and O–H groups in total. The highest BCUT2D eigenvalue weighted by molar-refractivity contribution is 5.99. The van der Waals surface area contributed by atoms with Crippen LogP contribution in [0.25, 0.3) is 11.1 Å². The van der Waals surface area contributed by atoms with Crippen molar-refractivity contribution in [3.8, 4) is 22.6 Å². The van der Waals surface area contributed by atoms with Gasteiger partial charge in [0, 0.05) is 18.1 Å². The number of amides is 1. The summed E-state index contributed by atoms with van der Waals surface area (Å²) in [5.41, 5.74) is 4.41. The van der Waals surface area contributed by atoms with Crippen LogP contribution in [0.5, 0.6) is 11.5 Å². The molecule has 33 heavy (non-hydrogen) atoms. The highest BCUT2D eigenvalue weighted by Gasteiger charge is 2.29. The molecule has 0 heterocycles. The lowest BCUT2D eigenvalue weighted by Gasteiger charge is -2.17. The fraction of sp³-hybridized carbons (Fsp3) is 0.231. The molecule has 0 fully saturated rings. The van der Waals surface area contributed by atoms with E-state index in [9.17, 15) is 14.7 Å². The molecular weight excluding hydrogens is 422 g/mol. The molecule has 0 radical (unpaired) electrons. The van der Waals surface area contributed by atoms with Gasteiger partial charge in [-0.2, -0.15) is 0 Å². The average molecular weight is 447 g/mol. The molecule has 0 unspecified atom stereocenters. The lowest BCUT2D eigenvalue weighted by atomic mass is 9.98. The zero-order valence-corrected chi connectivity index (χ0v) is 18.5. The number of benzene rings is 3.